The average molecular weight is 638 g/mol. The van der Waals surface area contributed by atoms with Gasteiger partial charge in [0.15, 0.2) is 0 Å². The van der Waals surface area contributed by atoms with E-state index in [9.17, 15) is 0 Å². The Morgan fingerprint density at radius 2 is 1.03 bits per heavy atom. The van der Waals surface area contributed by atoms with Crippen LogP contribution in [0.2, 0.25) is 0 Å². The first kappa shape index (κ1) is 18.9. The topological polar surface area (TPSA) is 25.8 Å². The Balaban J connectivity index is 1.55. The molecule has 0 spiro atoms. The summed E-state index contributed by atoms with van der Waals surface area (Å²) in [7, 11) is 0. The lowest BCUT2D eigenvalue weighted by Gasteiger charge is -2.36. The molecule has 6 rings (SSSR count). The van der Waals surface area contributed by atoms with Crippen molar-refractivity contribution in [2.24, 2.45) is 0 Å². The van der Waals surface area contributed by atoms with Gasteiger partial charge in [-0.3, -0.25) is 9.97 Å². The molecule has 2 bridgehead atoms. The molecule has 4 aromatic rings. The smallest absolute Gasteiger partial charge is 0.0858 e. The predicted molar refractivity (Wildman–Crippen MR) is 132 cm³/mol. The molecule has 2 aromatic heterocycles. The lowest BCUT2D eigenvalue weighted by molar-refractivity contribution is 0.441. The van der Waals surface area contributed by atoms with Gasteiger partial charge in [-0.15, -0.1) is 0 Å². The Labute approximate surface area is 202 Å². The number of benzene rings is 2. The number of hydrogen-bond donors (Lipinski definition) is 0. The normalized spacial score (nSPS) is 20.0. The third kappa shape index (κ3) is 2.89. The molecule has 2 aromatic carbocycles. The standard InChI is InChI=1S/C23H14Br4N2/c24-16-1-3-18(26)22-14(16)8-12-6-10-5-11(20(12)28-22)7-13-9-15-17(25)2-4-19(27)23(15)29-21(10)13/h1-4,8-11H,5-7H2. The van der Waals surface area contributed by atoms with E-state index in [-0.39, 0.29) is 0 Å². The van der Waals surface area contributed by atoms with Crippen LogP contribution in [-0.2, 0) is 12.8 Å². The zero-order chi connectivity index (χ0) is 19.9. The first-order valence-electron chi connectivity index (χ1n) is 9.54. The van der Waals surface area contributed by atoms with E-state index in [0.29, 0.717) is 11.8 Å². The quantitative estimate of drug-likeness (QED) is 0.194. The molecule has 144 valence electrons. The maximum Gasteiger partial charge on any atom is 0.0858 e. The van der Waals surface area contributed by atoms with Gasteiger partial charge in [-0.1, -0.05) is 31.9 Å². The van der Waals surface area contributed by atoms with Crippen LogP contribution in [0.4, 0.5) is 0 Å². The Bertz CT molecular complexity index is 1250. The van der Waals surface area contributed by atoms with Gasteiger partial charge in [-0.2, -0.15) is 0 Å². The summed E-state index contributed by atoms with van der Waals surface area (Å²) in [4.78, 5) is 10.3. The van der Waals surface area contributed by atoms with Crippen molar-refractivity contribution in [1.29, 1.82) is 0 Å². The summed E-state index contributed by atoms with van der Waals surface area (Å²) in [5.74, 6) is 0.911. The van der Waals surface area contributed by atoms with Gasteiger partial charge in [0.1, 0.15) is 0 Å². The van der Waals surface area contributed by atoms with Gasteiger partial charge in [0.2, 0.25) is 0 Å². The maximum absolute atomic E-state index is 5.15. The molecule has 0 amide bonds. The molecular weight excluding hydrogens is 624 g/mol. The highest BCUT2D eigenvalue weighted by Crippen LogP contribution is 2.48. The number of pyridine rings is 2. The third-order valence-corrected chi connectivity index (χ3v) is 8.93. The number of halogens is 4. The highest BCUT2D eigenvalue weighted by Gasteiger charge is 2.36. The minimum Gasteiger partial charge on any atom is -0.251 e. The highest BCUT2D eigenvalue weighted by molar-refractivity contribution is 9.11. The van der Waals surface area contributed by atoms with Crippen LogP contribution in [0, 0.1) is 0 Å². The molecule has 0 saturated carbocycles. The molecule has 29 heavy (non-hydrogen) atoms. The largest absolute Gasteiger partial charge is 0.251 e. The molecule has 2 nitrogen and oxygen atoms in total. The summed E-state index contributed by atoms with van der Waals surface area (Å²) < 4.78 is 4.30. The molecule has 2 atom stereocenters. The van der Waals surface area contributed by atoms with E-state index in [0.717, 1.165) is 48.2 Å². The Morgan fingerprint density at radius 3 is 1.48 bits per heavy atom. The van der Waals surface area contributed by atoms with Crippen molar-refractivity contribution in [2.75, 3.05) is 0 Å². The summed E-state index contributed by atoms with van der Waals surface area (Å²) in [6.07, 6.45) is 3.14. The summed E-state index contributed by atoms with van der Waals surface area (Å²) in [6.45, 7) is 0. The zero-order valence-corrected chi connectivity index (χ0v) is 21.5. The first-order valence-corrected chi connectivity index (χ1v) is 12.7. The minimum atomic E-state index is 0.455. The van der Waals surface area contributed by atoms with E-state index >= 15 is 0 Å². The number of nitrogens with zero attached hydrogens (tertiary/aromatic N) is 2. The van der Waals surface area contributed by atoms with Gasteiger partial charge in [0, 0.05) is 51.9 Å². The van der Waals surface area contributed by atoms with E-state index in [2.05, 4.69) is 100 Å². The second-order valence-electron chi connectivity index (χ2n) is 7.95. The molecule has 2 unspecified atom stereocenters. The molecule has 0 fully saturated rings. The summed E-state index contributed by atoms with van der Waals surface area (Å²) in [6, 6.07) is 13.0. The Morgan fingerprint density at radius 1 is 0.621 bits per heavy atom. The van der Waals surface area contributed by atoms with Gasteiger partial charge >= 0.3 is 0 Å². The average Bonchev–Trinajstić information content (AvgIpc) is 2.72. The molecule has 2 aliphatic carbocycles. The maximum atomic E-state index is 5.15. The van der Waals surface area contributed by atoms with Crippen molar-refractivity contribution in [3.05, 3.63) is 76.8 Å². The van der Waals surface area contributed by atoms with Crippen LogP contribution in [0.5, 0.6) is 0 Å². The van der Waals surface area contributed by atoms with E-state index in [4.69, 9.17) is 9.97 Å². The van der Waals surface area contributed by atoms with Crippen LogP contribution in [0.3, 0.4) is 0 Å². The summed E-state index contributed by atoms with van der Waals surface area (Å²) in [5, 5.41) is 2.35. The van der Waals surface area contributed by atoms with E-state index in [1.165, 1.54) is 33.3 Å². The van der Waals surface area contributed by atoms with E-state index in [1.807, 2.05) is 0 Å². The lowest BCUT2D eigenvalue weighted by Crippen LogP contribution is -2.27. The van der Waals surface area contributed by atoms with Gasteiger partial charge in [0.05, 0.1) is 11.0 Å². The molecule has 0 radical (unpaired) electrons. The van der Waals surface area contributed by atoms with Crippen molar-refractivity contribution in [3.8, 4) is 0 Å². The second-order valence-corrected chi connectivity index (χ2v) is 11.4. The zero-order valence-electron chi connectivity index (χ0n) is 15.1. The van der Waals surface area contributed by atoms with Crippen LogP contribution in [0.25, 0.3) is 21.8 Å². The van der Waals surface area contributed by atoms with Crippen LogP contribution < -0.4 is 0 Å². The van der Waals surface area contributed by atoms with Crippen molar-refractivity contribution in [1.82, 2.24) is 9.97 Å². The van der Waals surface area contributed by atoms with Crippen LogP contribution in [0.1, 0.15) is 40.8 Å². The molecule has 6 heteroatoms. The van der Waals surface area contributed by atoms with Crippen molar-refractivity contribution in [3.63, 3.8) is 0 Å². The van der Waals surface area contributed by atoms with Gasteiger partial charge in [-0.05, 0) is 98.6 Å². The number of aromatic nitrogens is 2. The Hall–Kier alpha value is -0.820. The Kier molecular flexibility index (Phi) is 4.46. The fourth-order valence-corrected chi connectivity index (χ4v) is 6.73. The SMILES string of the molecule is Brc1ccc(Br)c2nc3c(cc12)CC1CC3Cc2cc3c(Br)ccc(Br)c3nc21. The minimum absolute atomic E-state index is 0.455. The molecule has 2 aliphatic rings. The molecule has 0 saturated heterocycles. The van der Waals surface area contributed by atoms with Gasteiger partial charge in [-0.25, -0.2) is 0 Å². The van der Waals surface area contributed by atoms with Crippen molar-refractivity contribution >= 4 is 85.5 Å². The van der Waals surface area contributed by atoms with Crippen molar-refractivity contribution < 1.29 is 0 Å². The number of hydrogen-bond acceptors (Lipinski definition) is 2. The molecular formula is C23H14Br4N2. The van der Waals surface area contributed by atoms with E-state index in [1.54, 1.807) is 0 Å². The third-order valence-electron chi connectivity index (χ3n) is 6.26. The number of rotatable bonds is 0. The monoisotopic (exact) mass is 634 g/mol. The van der Waals surface area contributed by atoms with E-state index < -0.39 is 0 Å². The van der Waals surface area contributed by atoms with Crippen LogP contribution in [0.15, 0.2) is 54.3 Å². The highest BCUT2D eigenvalue weighted by atomic mass is 79.9. The van der Waals surface area contributed by atoms with Gasteiger partial charge < -0.3 is 0 Å². The lowest BCUT2D eigenvalue weighted by atomic mass is 9.70. The molecule has 0 aliphatic heterocycles. The summed E-state index contributed by atoms with van der Waals surface area (Å²) >= 11 is 14.8. The predicted octanol–water partition coefficient (Wildman–Crippen LogP) is 8.20. The summed E-state index contributed by atoms with van der Waals surface area (Å²) in [5.41, 5.74) is 7.38. The van der Waals surface area contributed by atoms with Crippen LogP contribution >= 0.6 is 63.7 Å². The second kappa shape index (κ2) is 6.84. The fourth-order valence-electron chi connectivity index (χ4n) is 4.99. The fraction of sp³-hybridized carbons (Fsp3) is 0.217. The number of fused-ring (bicyclic) bond motifs is 8. The first-order chi connectivity index (χ1) is 14.0. The molecule has 2 heterocycles. The van der Waals surface area contributed by atoms with Gasteiger partial charge in [0.25, 0.3) is 0 Å². The van der Waals surface area contributed by atoms with Crippen molar-refractivity contribution in [2.45, 2.75) is 31.1 Å². The van der Waals surface area contributed by atoms with Crippen LogP contribution in [-0.4, -0.2) is 9.97 Å². The molecule has 0 N–H and O–H groups in total.